The predicted octanol–water partition coefficient (Wildman–Crippen LogP) is 7.90. The van der Waals surface area contributed by atoms with Gasteiger partial charge < -0.3 is 9.84 Å². The number of ether oxygens (including phenoxy) is 1. The lowest BCUT2D eigenvalue weighted by Gasteiger charge is -2.21. The van der Waals surface area contributed by atoms with Crippen molar-refractivity contribution in [1.29, 1.82) is 0 Å². The molecule has 0 saturated heterocycles. The summed E-state index contributed by atoms with van der Waals surface area (Å²) < 4.78 is 34.6. The van der Waals surface area contributed by atoms with Crippen LogP contribution in [-0.4, -0.2) is 5.11 Å². The fourth-order valence-electron chi connectivity index (χ4n) is 4.27. The third-order valence-electron chi connectivity index (χ3n) is 6.25. The summed E-state index contributed by atoms with van der Waals surface area (Å²) >= 11 is 0. The predicted molar refractivity (Wildman–Crippen MR) is 119 cm³/mol. The first-order chi connectivity index (χ1) is 14.8. The molecule has 0 radical (unpaired) electrons. The van der Waals surface area contributed by atoms with E-state index in [0.717, 1.165) is 28.4 Å². The van der Waals surface area contributed by atoms with Crippen LogP contribution in [0.2, 0.25) is 0 Å². The molecule has 3 aromatic carbocycles. The minimum atomic E-state index is -0.956. The van der Waals surface area contributed by atoms with E-state index in [-0.39, 0.29) is 11.7 Å². The number of rotatable bonds is 4. The molecule has 3 aromatic rings. The third kappa shape index (κ3) is 3.74. The lowest BCUT2D eigenvalue weighted by Crippen LogP contribution is -2.04. The lowest BCUT2D eigenvalue weighted by atomic mass is 9.83. The van der Waals surface area contributed by atoms with E-state index in [1.54, 1.807) is 12.1 Å². The number of phenolic OH excluding ortho intramolecular Hbond substituents is 1. The standard InChI is InChI=1S/C27H24F2O2/c1-15-16(2)18(4)27(17(15)3)23-14-25(29)24(28)13-21(23)22-12-20(10-11-26(22)30)31-19-8-6-5-7-9-19/h5-14,27,30H,1-4H3. The molecule has 4 heteroatoms. The fourth-order valence-corrected chi connectivity index (χ4v) is 4.27. The summed E-state index contributed by atoms with van der Waals surface area (Å²) in [4.78, 5) is 0. The molecule has 0 aliphatic heterocycles. The molecule has 4 rings (SSSR count). The van der Waals surface area contributed by atoms with Crippen molar-refractivity contribution in [3.05, 3.63) is 100 Å². The van der Waals surface area contributed by atoms with Gasteiger partial charge in [0, 0.05) is 11.5 Å². The average Bonchev–Trinajstić information content (AvgIpc) is 2.95. The van der Waals surface area contributed by atoms with Crippen LogP contribution >= 0.6 is 0 Å². The maximum absolute atomic E-state index is 14.3. The number of benzene rings is 3. The molecule has 0 atom stereocenters. The molecular formula is C27H24F2O2. The zero-order chi connectivity index (χ0) is 22.3. The van der Waals surface area contributed by atoms with E-state index < -0.39 is 11.6 Å². The van der Waals surface area contributed by atoms with Crippen molar-refractivity contribution in [3.63, 3.8) is 0 Å². The third-order valence-corrected chi connectivity index (χ3v) is 6.25. The van der Waals surface area contributed by atoms with Crippen molar-refractivity contribution in [2.45, 2.75) is 33.6 Å². The van der Waals surface area contributed by atoms with Crippen LogP contribution in [0.3, 0.4) is 0 Å². The highest BCUT2D eigenvalue weighted by atomic mass is 19.2. The van der Waals surface area contributed by atoms with Crippen LogP contribution in [0.1, 0.15) is 39.2 Å². The molecule has 31 heavy (non-hydrogen) atoms. The van der Waals surface area contributed by atoms with E-state index >= 15 is 0 Å². The Morgan fingerprint density at radius 1 is 0.710 bits per heavy atom. The summed E-state index contributed by atoms with van der Waals surface area (Å²) in [6, 6.07) is 16.5. The molecule has 1 aliphatic rings. The molecular weight excluding hydrogens is 394 g/mol. The summed E-state index contributed by atoms with van der Waals surface area (Å²) in [5, 5.41) is 10.6. The molecule has 0 heterocycles. The summed E-state index contributed by atoms with van der Waals surface area (Å²) in [6.07, 6.45) is 0. The van der Waals surface area contributed by atoms with Gasteiger partial charge in [-0.15, -0.1) is 0 Å². The Bertz CT molecular complexity index is 1200. The molecule has 0 spiro atoms. The quantitative estimate of drug-likeness (QED) is 0.467. The van der Waals surface area contributed by atoms with Crippen molar-refractivity contribution < 1.29 is 18.6 Å². The Balaban J connectivity index is 1.88. The number of hydrogen-bond acceptors (Lipinski definition) is 2. The highest BCUT2D eigenvalue weighted by molar-refractivity contribution is 5.77. The van der Waals surface area contributed by atoms with Gasteiger partial charge >= 0.3 is 0 Å². The van der Waals surface area contributed by atoms with Gasteiger partial charge in [0.2, 0.25) is 0 Å². The van der Waals surface area contributed by atoms with Crippen molar-refractivity contribution >= 4 is 0 Å². The molecule has 0 amide bonds. The first kappa shape index (κ1) is 20.9. The van der Waals surface area contributed by atoms with Crippen LogP contribution < -0.4 is 4.74 Å². The van der Waals surface area contributed by atoms with Gasteiger partial charge in [0.25, 0.3) is 0 Å². The molecule has 0 fully saturated rings. The number of allylic oxidation sites excluding steroid dienone is 4. The smallest absolute Gasteiger partial charge is 0.159 e. The Morgan fingerprint density at radius 2 is 1.32 bits per heavy atom. The zero-order valence-corrected chi connectivity index (χ0v) is 18.0. The van der Waals surface area contributed by atoms with Gasteiger partial charge in [-0.25, -0.2) is 8.78 Å². The van der Waals surface area contributed by atoms with Gasteiger partial charge in [0.05, 0.1) is 0 Å². The molecule has 0 unspecified atom stereocenters. The number of halogens is 2. The molecule has 1 aliphatic carbocycles. The lowest BCUT2D eigenvalue weighted by molar-refractivity contribution is 0.466. The summed E-state index contributed by atoms with van der Waals surface area (Å²) in [5.41, 5.74) is 5.97. The molecule has 1 N–H and O–H groups in total. The monoisotopic (exact) mass is 418 g/mol. The normalized spacial score (nSPS) is 14.5. The van der Waals surface area contributed by atoms with Crippen molar-refractivity contribution in [2.75, 3.05) is 0 Å². The van der Waals surface area contributed by atoms with Gasteiger partial charge in [-0.05, 0) is 92.4 Å². The van der Waals surface area contributed by atoms with Gasteiger partial charge in [-0.2, -0.15) is 0 Å². The second kappa shape index (κ2) is 8.03. The number of para-hydroxylation sites is 1. The number of aromatic hydroxyl groups is 1. The van der Waals surface area contributed by atoms with Crippen molar-refractivity contribution in [3.8, 4) is 28.4 Å². The van der Waals surface area contributed by atoms with E-state index in [9.17, 15) is 13.9 Å². The molecule has 158 valence electrons. The van der Waals surface area contributed by atoms with Crippen LogP contribution in [0, 0.1) is 11.6 Å². The molecule has 2 nitrogen and oxygen atoms in total. The molecule has 0 bridgehead atoms. The van der Waals surface area contributed by atoms with Crippen LogP contribution in [0.4, 0.5) is 8.78 Å². The first-order valence-corrected chi connectivity index (χ1v) is 10.2. The van der Waals surface area contributed by atoms with Crippen LogP contribution in [0.15, 0.2) is 83.0 Å². The van der Waals surface area contributed by atoms with Crippen LogP contribution in [0.5, 0.6) is 17.2 Å². The largest absolute Gasteiger partial charge is 0.507 e. The Labute approximate surface area is 181 Å². The van der Waals surface area contributed by atoms with Crippen LogP contribution in [0.25, 0.3) is 11.1 Å². The van der Waals surface area contributed by atoms with E-state index in [4.69, 9.17) is 4.74 Å². The van der Waals surface area contributed by atoms with Crippen molar-refractivity contribution in [1.82, 2.24) is 0 Å². The van der Waals surface area contributed by atoms with Crippen LogP contribution in [-0.2, 0) is 0 Å². The van der Waals surface area contributed by atoms with E-state index in [1.807, 2.05) is 58.0 Å². The first-order valence-electron chi connectivity index (χ1n) is 10.2. The number of hydrogen-bond donors (Lipinski definition) is 1. The molecule has 0 aromatic heterocycles. The maximum atomic E-state index is 14.3. The zero-order valence-electron chi connectivity index (χ0n) is 18.0. The highest BCUT2D eigenvalue weighted by Crippen LogP contribution is 2.48. The molecule has 0 saturated carbocycles. The Morgan fingerprint density at radius 3 is 1.97 bits per heavy atom. The SMILES string of the molecule is CC1=C(C)C(c2cc(F)c(F)cc2-c2cc(Oc3ccccc3)ccc2O)C(C)=C1C. The maximum Gasteiger partial charge on any atom is 0.159 e. The minimum Gasteiger partial charge on any atom is -0.507 e. The Kier molecular flexibility index (Phi) is 5.40. The fraction of sp³-hybridized carbons (Fsp3) is 0.185. The van der Waals surface area contributed by atoms with Gasteiger partial charge in [-0.3, -0.25) is 0 Å². The number of phenols is 1. The van der Waals surface area contributed by atoms with Gasteiger partial charge in [0.1, 0.15) is 17.2 Å². The van der Waals surface area contributed by atoms with Gasteiger partial charge in [-0.1, -0.05) is 29.3 Å². The summed E-state index contributed by atoms with van der Waals surface area (Å²) in [6.45, 7) is 8.11. The van der Waals surface area contributed by atoms with E-state index in [1.165, 1.54) is 12.1 Å². The second-order valence-electron chi connectivity index (χ2n) is 8.00. The van der Waals surface area contributed by atoms with E-state index in [2.05, 4.69) is 0 Å². The Hall–Kier alpha value is -3.40. The summed E-state index contributed by atoms with van der Waals surface area (Å²) in [7, 11) is 0. The van der Waals surface area contributed by atoms with Crippen molar-refractivity contribution in [2.24, 2.45) is 0 Å². The highest BCUT2D eigenvalue weighted by Gasteiger charge is 2.29. The minimum absolute atomic E-state index is 0.0256. The topological polar surface area (TPSA) is 29.5 Å². The average molecular weight is 418 g/mol. The van der Waals surface area contributed by atoms with Gasteiger partial charge in [0.15, 0.2) is 11.6 Å². The summed E-state index contributed by atoms with van der Waals surface area (Å²) in [5.74, 6) is -0.928. The van der Waals surface area contributed by atoms with E-state index in [0.29, 0.717) is 28.2 Å². The second-order valence-corrected chi connectivity index (χ2v) is 8.00.